The van der Waals surface area contributed by atoms with Gasteiger partial charge < -0.3 is 10.3 Å². The minimum absolute atomic E-state index is 0.425. The Kier molecular flexibility index (Phi) is 1.69. The predicted octanol–water partition coefficient (Wildman–Crippen LogP) is 0.331. The van der Waals surface area contributed by atoms with Crippen LogP contribution in [0.2, 0.25) is 0 Å². The lowest BCUT2D eigenvalue weighted by Gasteiger charge is -1.99. The topological polar surface area (TPSA) is 43.8 Å². The largest absolute Gasteiger partial charge is 0.396 e. The maximum absolute atomic E-state index is 5.44. The van der Waals surface area contributed by atoms with Gasteiger partial charge in [0.25, 0.3) is 0 Å². The molecule has 1 aromatic rings. The van der Waals surface area contributed by atoms with Crippen molar-refractivity contribution in [2.24, 2.45) is 12.8 Å². The summed E-state index contributed by atoms with van der Waals surface area (Å²) in [7, 11) is 1.80. The molecule has 2 N–H and O–H groups in total. The third-order valence-corrected chi connectivity index (χ3v) is 1.42. The fourth-order valence-corrected chi connectivity index (χ4v) is 0.842. The van der Waals surface area contributed by atoms with Gasteiger partial charge in [-0.2, -0.15) is 0 Å². The maximum atomic E-state index is 5.44. The van der Waals surface area contributed by atoms with E-state index in [0.29, 0.717) is 17.2 Å². The molecule has 0 unspecified atom stereocenters. The van der Waals surface area contributed by atoms with E-state index in [4.69, 9.17) is 12.2 Å². The van der Waals surface area contributed by atoms with Gasteiger partial charge in [0.2, 0.25) is 0 Å². The molecule has 0 bridgehead atoms. The highest BCUT2D eigenvalue weighted by Crippen LogP contribution is 2.05. The van der Waals surface area contributed by atoms with Gasteiger partial charge in [-0.1, -0.05) is 12.5 Å². The highest BCUT2D eigenvalue weighted by Gasteiger charge is 2.03. The highest BCUT2D eigenvalue weighted by molar-refractivity contribution is 5.54. The van der Waals surface area contributed by atoms with Crippen molar-refractivity contribution in [3.05, 3.63) is 24.3 Å². The van der Waals surface area contributed by atoms with Gasteiger partial charge in [-0.3, -0.25) is 0 Å². The van der Waals surface area contributed by atoms with E-state index in [1.165, 1.54) is 0 Å². The van der Waals surface area contributed by atoms with Crippen molar-refractivity contribution in [3.8, 4) is 12.3 Å². The molecule has 0 fully saturated rings. The number of aromatic nitrogens is 2. The van der Waals surface area contributed by atoms with E-state index in [1.54, 1.807) is 17.8 Å². The van der Waals surface area contributed by atoms with Crippen LogP contribution in [0.15, 0.2) is 12.8 Å². The zero-order valence-corrected chi connectivity index (χ0v) is 6.33. The third-order valence-electron chi connectivity index (χ3n) is 1.42. The van der Waals surface area contributed by atoms with Crippen molar-refractivity contribution in [1.29, 1.82) is 0 Å². The molecule has 3 nitrogen and oxygen atoms in total. The zero-order chi connectivity index (χ0) is 8.43. The Hall–Kier alpha value is -1.69. The third kappa shape index (κ3) is 1.10. The summed E-state index contributed by atoms with van der Waals surface area (Å²) in [6, 6.07) is 0. The SMILES string of the molecule is C#Cc1cnc(C(=C)N)n1C. The monoisotopic (exact) mass is 147 g/mol. The molecule has 56 valence electrons. The molecule has 3 heteroatoms. The summed E-state index contributed by atoms with van der Waals surface area (Å²) < 4.78 is 1.72. The molecule has 1 heterocycles. The number of rotatable bonds is 1. The summed E-state index contributed by atoms with van der Waals surface area (Å²) in [5.74, 6) is 3.10. The van der Waals surface area contributed by atoms with Crippen LogP contribution in [0.1, 0.15) is 11.5 Å². The smallest absolute Gasteiger partial charge is 0.155 e. The van der Waals surface area contributed by atoms with E-state index >= 15 is 0 Å². The van der Waals surface area contributed by atoms with Gasteiger partial charge in [-0.05, 0) is 0 Å². The van der Waals surface area contributed by atoms with Crippen molar-refractivity contribution < 1.29 is 0 Å². The molecule has 1 rings (SSSR count). The average molecular weight is 147 g/mol. The maximum Gasteiger partial charge on any atom is 0.155 e. The average Bonchev–Trinajstić information content (AvgIpc) is 2.30. The van der Waals surface area contributed by atoms with E-state index in [0.717, 1.165) is 0 Å². The molecule has 0 aliphatic rings. The molecule has 0 radical (unpaired) electrons. The Bertz CT molecular complexity index is 328. The lowest BCUT2D eigenvalue weighted by atomic mass is 10.4. The van der Waals surface area contributed by atoms with Crippen molar-refractivity contribution >= 4 is 5.70 Å². The summed E-state index contributed by atoms with van der Waals surface area (Å²) in [5.41, 5.74) is 6.56. The zero-order valence-electron chi connectivity index (χ0n) is 6.33. The molecular formula is C8H9N3. The molecule has 0 aromatic carbocycles. The lowest BCUT2D eigenvalue weighted by Crippen LogP contribution is -2.03. The minimum atomic E-state index is 0.425. The standard InChI is InChI=1S/C8H9N3/c1-4-7-5-10-8(6(2)9)11(7)3/h1,5H,2,9H2,3H3. The van der Waals surface area contributed by atoms with Crippen LogP contribution >= 0.6 is 0 Å². The molecule has 0 saturated heterocycles. The van der Waals surface area contributed by atoms with Crippen LogP contribution < -0.4 is 5.73 Å². The number of nitrogens with zero attached hydrogens (tertiary/aromatic N) is 2. The van der Waals surface area contributed by atoms with Crippen molar-refractivity contribution in [2.45, 2.75) is 0 Å². The van der Waals surface area contributed by atoms with Crippen molar-refractivity contribution in [3.63, 3.8) is 0 Å². The highest BCUT2D eigenvalue weighted by atomic mass is 15.1. The van der Waals surface area contributed by atoms with Crippen LogP contribution in [0.25, 0.3) is 5.70 Å². The first-order chi connectivity index (χ1) is 5.16. The van der Waals surface area contributed by atoms with E-state index in [1.807, 2.05) is 0 Å². The first-order valence-corrected chi connectivity index (χ1v) is 3.10. The van der Waals surface area contributed by atoms with Gasteiger partial charge in [-0.25, -0.2) is 4.98 Å². The predicted molar refractivity (Wildman–Crippen MR) is 44.4 cm³/mol. The van der Waals surface area contributed by atoms with E-state index in [-0.39, 0.29) is 0 Å². The molecule has 0 atom stereocenters. The van der Waals surface area contributed by atoms with Gasteiger partial charge in [-0.15, -0.1) is 6.42 Å². The van der Waals surface area contributed by atoms with Gasteiger partial charge in [0.05, 0.1) is 11.9 Å². The van der Waals surface area contributed by atoms with Gasteiger partial charge in [0.15, 0.2) is 5.82 Å². The number of hydrogen-bond acceptors (Lipinski definition) is 2. The first-order valence-electron chi connectivity index (χ1n) is 3.10. The van der Waals surface area contributed by atoms with E-state index in [9.17, 15) is 0 Å². The number of hydrogen-bond donors (Lipinski definition) is 1. The minimum Gasteiger partial charge on any atom is -0.396 e. The van der Waals surface area contributed by atoms with Crippen LogP contribution in [0.5, 0.6) is 0 Å². The van der Waals surface area contributed by atoms with Crippen LogP contribution in [0.3, 0.4) is 0 Å². The Labute approximate surface area is 65.5 Å². The van der Waals surface area contributed by atoms with Crippen LogP contribution in [0.4, 0.5) is 0 Å². The van der Waals surface area contributed by atoms with Crippen molar-refractivity contribution in [1.82, 2.24) is 9.55 Å². The number of terminal acetylenes is 1. The normalized spacial score (nSPS) is 9.09. The Morgan fingerprint density at radius 2 is 2.55 bits per heavy atom. The lowest BCUT2D eigenvalue weighted by molar-refractivity contribution is 0.875. The van der Waals surface area contributed by atoms with Gasteiger partial charge in [0, 0.05) is 7.05 Å². The molecule has 0 aliphatic heterocycles. The van der Waals surface area contributed by atoms with Gasteiger partial charge in [0.1, 0.15) is 5.69 Å². The second kappa shape index (κ2) is 2.51. The summed E-state index contributed by atoms with van der Waals surface area (Å²) in [6.45, 7) is 3.56. The summed E-state index contributed by atoms with van der Waals surface area (Å²) in [5, 5.41) is 0. The second-order valence-electron chi connectivity index (χ2n) is 2.20. The van der Waals surface area contributed by atoms with Crippen LogP contribution in [-0.4, -0.2) is 9.55 Å². The van der Waals surface area contributed by atoms with Crippen LogP contribution in [0, 0.1) is 12.3 Å². The second-order valence-corrected chi connectivity index (χ2v) is 2.20. The summed E-state index contributed by atoms with van der Waals surface area (Å²) >= 11 is 0. The fourth-order valence-electron chi connectivity index (χ4n) is 0.842. The molecular weight excluding hydrogens is 138 g/mol. The molecule has 0 aliphatic carbocycles. The quantitative estimate of drug-likeness (QED) is 0.582. The summed E-state index contributed by atoms with van der Waals surface area (Å²) in [4.78, 5) is 3.98. The first kappa shape index (κ1) is 7.42. The molecule has 0 spiro atoms. The Morgan fingerprint density at radius 1 is 1.91 bits per heavy atom. The Morgan fingerprint density at radius 3 is 2.82 bits per heavy atom. The van der Waals surface area contributed by atoms with E-state index in [2.05, 4.69) is 17.5 Å². The van der Waals surface area contributed by atoms with Gasteiger partial charge >= 0.3 is 0 Å². The molecule has 0 saturated carbocycles. The number of imidazole rings is 1. The molecule has 11 heavy (non-hydrogen) atoms. The van der Waals surface area contributed by atoms with Crippen LogP contribution in [-0.2, 0) is 7.05 Å². The summed E-state index contributed by atoms with van der Waals surface area (Å²) in [6.07, 6.45) is 6.77. The fraction of sp³-hybridized carbons (Fsp3) is 0.125. The molecule has 0 amide bonds. The number of nitrogens with two attached hydrogens (primary N) is 1. The Balaban J connectivity index is 3.24. The van der Waals surface area contributed by atoms with Crippen molar-refractivity contribution in [2.75, 3.05) is 0 Å². The molecule has 1 aromatic heterocycles. The van der Waals surface area contributed by atoms with E-state index < -0.39 is 0 Å².